The normalized spacial score (nSPS) is 9.95. The molecule has 114 valence electrons. The SMILES string of the molecule is CC.CNc1c(C(N)=O)cnn2cc(-c3ccncc3)cc12. The number of primary amides is 1. The summed E-state index contributed by atoms with van der Waals surface area (Å²) in [5, 5.41) is 7.23. The molecule has 0 spiro atoms. The molecule has 0 atom stereocenters. The van der Waals surface area contributed by atoms with Crippen LogP contribution in [0.4, 0.5) is 5.69 Å². The molecule has 0 unspecified atom stereocenters. The van der Waals surface area contributed by atoms with Crippen molar-refractivity contribution in [2.75, 3.05) is 12.4 Å². The van der Waals surface area contributed by atoms with Crippen molar-refractivity contribution in [1.82, 2.24) is 14.6 Å². The number of fused-ring (bicyclic) bond motifs is 1. The number of carbonyl (C=O) groups excluding carboxylic acids is 1. The summed E-state index contributed by atoms with van der Waals surface area (Å²) in [6, 6.07) is 5.80. The summed E-state index contributed by atoms with van der Waals surface area (Å²) in [5.41, 5.74) is 9.25. The van der Waals surface area contributed by atoms with Crippen LogP contribution < -0.4 is 11.1 Å². The Morgan fingerprint density at radius 3 is 2.50 bits per heavy atom. The third-order valence-electron chi connectivity index (χ3n) is 3.17. The van der Waals surface area contributed by atoms with Crippen molar-refractivity contribution in [3.63, 3.8) is 0 Å². The van der Waals surface area contributed by atoms with E-state index in [2.05, 4.69) is 15.4 Å². The quantitative estimate of drug-likeness (QED) is 0.778. The van der Waals surface area contributed by atoms with Crippen LogP contribution in [0.3, 0.4) is 0 Å². The van der Waals surface area contributed by atoms with Gasteiger partial charge in [-0.1, -0.05) is 13.8 Å². The summed E-state index contributed by atoms with van der Waals surface area (Å²) >= 11 is 0. The molecule has 0 bridgehead atoms. The van der Waals surface area contributed by atoms with Gasteiger partial charge in [-0.2, -0.15) is 5.10 Å². The zero-order valence-electron chi connectivity index (χ0n) is 12.9. The molecule has 6 nitrogen and oxygen atoms in total. The first-order valence-corrected chi connectivity index (χ1v) is 7.10. The molecule has 22 heavy (non-hydrogen) atoms. The summed E-state index contributed by atoms with van der Waals surface area (Å²) < 4.78 is 1.72. The lowest BCUT2D eigenvalue weighted by Crippen LogP contribution is -2.15. The van der Waals surface area contributed by atoms with Crippen molar-refractivity contribution in [3.8, 4) is 11.1 Å². The number of hydrogen-bond acceptors (Lipinski definition) is 4. The van der Waals surface area contributed by atoms with Gasteiger partial charge in [0.1, 0.15) is 0 Å². The number of aromatic nitrogens is 3. The molecule has 0 saturated carbocycles. The second-order valence-corrected chi connectivity index (χ2v) is 4.34. The lowest BCUT2D eigenvalue weighted by molar-refractivity contribution is 0.100. The molecule has 3 heterocycles. The standard InChI is InChI=1S/C14H13N5O.C2H6/c1-16-13-11(14(15)20)7-18-19-8-10(6-12(13)19)9-2-4-17-5-3-9;1-2/h2-8,16H,1H3,(H2,15,20);1-2H3. The minimum absolute atomic E-state index is 0.374. The Balaban J connectivity index is 0.000000847. The molecule has 6 heteroatoms. The van der Waals surface area contributed by atoms with Gasteiger partial charge in [0.15, 0.2) is 0 Å². The van der Waals surface area contributed by atoms with Gasteiger partial charge in [0.2, 0.25) is 0 Å². The number of pyridine rings is 1. The van der Waals surface area contributed by atoms with Crippen LogP contribution in [-0.4, -0.2) is 27.6 Å². The number of carbonyl (C=O) groups is 1. The number of amides is 1. The molecule has 3 aromatic heterocycles. The van der Waals surface area contributed by atoms with Crippen molar-refractivity contribution in [2.45, 2.75) is 13.8 Å². The maximum Gasteiger partial charge on any atom is 0.252 e. The van der Waals surface area contributed by atoms with E-state index in [-0.39, 0.29) is 0 Å². The van der Waals surface area contributed by atoms with Gasteiger partial charge in [-0.15, -0.1) is 0 Å². The third kappa shape index (κ3) is 2.76. The van der Waals surface area contributed by atoms with Crippen LogP contribution in [-0.2, 0) is 0 Å². The van der Waals surface area contributed by atoms with Gasteiger partial charge in [-0.3, -0.25) is 9.78 Å². The molecule has 1 amide bonds. The number of rotatable bonds is 3. The summed E-state index contributed by atoms with van der Waals surface area (Å²) in [7, 11) is 1.75. The fraction of sp³-hybridized carbons (Fsp3) is 0.188. The van der Waals surface area contributed by atoms with E-state index in [4.69, 9.17) is 5.73 Å². The highest BCUT2D eigenvalue weighted by Crippen LogP contribution is 2.27. The van der Waals surface area contributed by atoms with E-state index in [1.807, 2.05) is 38.2 Å². The predicted molar refractivity (Wildman–Crippen MR) is 87.8 cm³/mol. The first-order valence-electron chi connectivity index (χ1n) is 7.10. The number of nitrogens with zero attached hydrogens (tertiary/aromatic N) is 3. The molecular weight excluding hydrogens is 278 g/mol. The molecule has 0 radical (unpaired) electrons. The van der Waals surface area contributed by atoms with E-state index in [0.29, 0.717) is 11.3 Å². The van der Waals surface area contributed by atoms with Crippen LogP contribution in [0, 0.1) is 0 Å². The first-order chi connectivity index (χ1) is 10.7. The van der Waals surface area contributed by atoms with Gasteiger partial charge in [0, 0.05) is 31.2 Å². The molecule has 0 aromatic carbocycles. The van der Waals surface area contributed by atoms with Gasteiger partial charge in [-0.05, 0) is 23.8 Å². The predicted octanol–water partition coefficient (Wildman–Crippen LogP) is 2.56. The molecule has 3 aromatic rings. The van der Waals surface area contributed by atoms with Crippen molar-refractivity contribution >= 4 is 17.1 Å². The van der Waals surface area contributed by atoms with Crippen molar-refractivity contribution in [1.29, 1.82) is 0 Å². The van der Waals surface area contributed by atoms with Crippen molar-refractivity contribution in [2.24, 2.45) is 5.73 Å². The van der Waals surface area contributed by atoms with Crippen LogP contribution in [0.25, 0.3) is 16.6 Å². The second-order valence-electron chi connectivity index (χ2n) is 4.34. The summed E-state index contributed by atoms with van der Waals surface area (Å²) in [6.45, 7) is 4.00. The van der Waals surface area contributed by atoms with E-state index in [9.17, 15) is 4.79 Å². The van der Waals surface area contributed by atoms with Gasteiger partial charge in [0.25, 0.3) is 5.91 Å². The van der Waals surface area contributed by atoms with Gasteiger partial charge < -0.3 is 11.1 Å². The average molecular weight is 297 g/mol. The van der Waals surface area contributed by atoms with Crippen molar-refractivity contribution in [3.05, 3.63) is 48.5 Å². The van der Waals surface area contributed by atoms with E-state index >= 15 is 0 Å². The highest BCUT2D eigenvalue weighted by Gasteiger charge is 2.14. The Kier molecular flexibility index (Phi) is 4.73. The third-order valence-corrected chi connectivity index (χ3v) is 3.17. The van der Waals surface area contributed by atoms with E-state index < -0.39 is 5.91 Å². The maximum absolute atomic E-state index is 11.4. The largest absolute Gasteiger partial charge is 0.386 e. The monoisotopic (exact) mass is 297 g/mol. The minimum atomic E-state index is -0.504. The molecule has 3 rings (SSSR count). The summed E-state index contributed by atoms with van der Waals surface area (Å²) in [6.07, 6.45) is 6.84. The number of nitrogens with two attached hydrogens (primary N) is 1. The Labute approximate surface area is 129 Å². The number of nitrogens with one attached hydrogen (secondary N) is 1. The molecule has 3 N–H and O–H groups in total. The fourth-order valence-electron chi connectivity index (χ4n) is 2.21. The van der Waals surface area contributed by atoms with E-state index in [1.54, 1.807) is 24.0 Å². The molecule has 0 aliphatic rings. The highest BCUT2D eigenvalue weighted by atomic mass is 16.1. The summed E-state index contributed by atoms with van der Waals surface area (Å²) in [4.78, 5) is 15.4. The van der Waals surface area contributed by atoms with Crippen LogP contribution in [0.1, 0.15) is 24.2 Å². The lowest BCUT2D eigenvalue weighted by atomic mass is 10.1. The van der Waals surface area contributed by atoms with Gasteiger partial charge in [0.05, 0.1) is 23.0 Å². The van der Waals surface area contributed by atoms with E-state index in [0.717, 1.165) is 16.6 Å². The summed E-state index contributed by atoms with van der Waals surface area (Å²) in [5.74, 6) is -0.504. The number of anilines is 1. The van der Waals surface area contributed by atoms with Crippen LogP contribution >= 0.6 is 0 Å². The topological polar surface area (TPSA) is 85.3 Å². The van der Waals surface area contributed by atoms with E-state index in [1.165, 1.54) is 6.20 Å². The molecule has 0 aliphatic carbocycles. The Morgan fingerprint density at radius 1 is 1.23 bits per heavy atom. The second kappa shape index (κ2) is 6.71. The maximum atomic E-state index is 11.4. The first kappa shape index (κ1) is 15.5. The molecule has 0 aliphatic heterocycles. The average Bonchev–Trinajstić information content (AvgIpc) is 3.00. The fourth-order valence-corrected chi connectivity index (χ4v) is 2.21. The van der Waals surface area contributed by atoms with Gasteiger partial charge in [-0.25, -0.2) is 4.52 Å². The number of hydrogen-bond donors (Lipinski definition) is 2. The Morgan fingerprint density at radius 2 is 1.91 bits per heavy atom. The minimum Gasteiger partial charge on any atom is -0.386 e. The van der Waals surface area contributed by atoms with Crippen molar-refractivity contribution < 1.29 is 4.79 Å². The van der Waals surface area contributed by atoms with Gasteiger partial charge >= 0.3 is 0 Å². The molecule has 0 saturated heterocycles. The zero-order valence-corrected chi connectivity index (χ0v) is 12.9. The molecule has 0 fully saturated rings. The van der Waals surface area contributed by atoms with Crippen LogP contribution in [0.2, 0.25) is 0 Å². The Hall–Kier alpha value is -2.89. The highest BCUT2D eigenvalue weighted by molar-refractivity contribution is 6.02. The van der Waals surface area contributed by atoms with Crippen LogP contribution in [0.15, 0.2) is 43.0 Å². The zero-order chi connectivity index (χ0) is 16.1. The molecular formula is C16H19N5O. The Bertz CT molecular complexity index is 780. The lowest BCUT2D eigenvalue weighted by Gasteiger charge is -2.07. The van der Waals surface area contributed by atoms with Crippen LogP contribution in [0.5, 0.6) is 0 Å². The smallest absolute Gasteiger partial charge is 0.252 e.